The van der Waals surface area contributed by atoms with E-state index in [2.05, 4.69) is 9.97 Å². The number of nitrogens with two attached hydrogens (primary N) is 1. The Kier molecular flexibility index (Phi) is 3.82. The van der Waals surface area contributed by atoms with Crippen molar-refractivity contribution in [1.29, 1.82) is 0 Å². The summed E-state index contributed by atoms with van der Waals surface area (Å²) in [6.07, 6.45) is 7.32. The Labute approximate surface area is 122 Å². The molecule has 1 aromatic carbocycles. The standard InChI is InChI=1S/C16H17F2N3/c17-11-6-7-12(14(18)8-11)15-13(9-20-16(19)21-15)10-4-2-1-3-5-10/h6-10H,1-5H2,(H2,19,20,21). The summed E-state index contributed by atoms with van der Waals surface area (Å²) in [7, 11) is 0. The Morgan fingerprint density at radius 2 is 1.86 bits per heavy atom. The predicted molar refractivity (Wildman–Crippen MR) is 77.6 cm³/mol. The molecule has 3 rings (SSSR count). The van der Waals surface area contributed by atoms with E-state index in [0.717, 1.165) is 37.3 Å². The van der Waals surface area contributed by atoms with Crippen LogP contribution in [0.25, 0.3) is 11.3 Å². The minimum atomic E-state index is -0.620. The fourth-order valence-electron chi connectivity index (χ4n) is 3.01. The van der Waals surface area contributed by atoms with E-state index in [1.165, 1.54) is 18.6 Å². The number of hydrogen-bond donors (Lipinski definition) is 1. The maximum atomic E-state index is 14.1. The van der Waals surface area contributed by atoms with Crippen LogP contribution in [0.2, 0.25) is 0 Å². The van der Waals surface area contributed by atoms with Crippen LogP contribution in [0.15, 0.2) is 24.4 Å². The Balaban J connectivity index is 2.09. The summed E-state index contributed by atoms with van der Waals surface area (Å²) in [4.78, 5) is 8.27. The summed E-state index contributed by atoms with van der Waals surface area (Å²) >= 11 is 0. The second kappa shape index (κ2) is 5.76. The molecule has 0 radical (unpaired) electrons. The molecule has 110 valence electrons. The van der Waals surface area contributed by atoms with Gasteiger partial charge in [0.05, 0.1) is 5.69 Å². The first-order chi connectivity index (χ1) is 10.1. The molecule has 0 spiro atoms. The predicted octanol–water partition coefficient (Wildman–Crippen LogP) is 4.05. The topological polar surface area (TPSA) is 51.8 Å². The number of rotatable bonds is 2. The van der Waals surface area contributed by atoms with Crippen molar-refractivity contribution in [3.05, 3.63) is 41.6 Å². The smallest absolute Gasteiger partial charge is 0.220 e. The summed E-state index contributed by atoms with van der Waals surface area (Å²) in [5.41, 5.74) is 7.34. The number of hydrogen-bond acceptors (Lipinski definition) is 3. The highest BCUT2D eigenvalue weighted by atomic mass is 19.1. The van der Waals surface area contributed by atoms with Gasteiger partial charge in [0.1, 0.15) is 11.6 Å². The quantitative estimate of drug-likeness (QED) is 0.907. The van der Waals surface area contributed by atoms with Gasteiger partial charge in [0.2, 0.25) is 5.95 Å². The van der Waals surface area contributed by atoms with Crippen molar-refractivity contribution < 1.29 is 8.78 Å². The Morgan fingerprint density at radius 3 is 2.57 bits per heavy atom. The van der Waals surface area contributed by atoms with E-state index < -0.39 is 11.6 Å². The number of nitrogen functional groups attached to an aromatic ring is 1. The van der Waals surface area contributed by atoms with Gasteiger partial charge in [-0.3, -0.25) is 0 Å². The summed E-state index contributed by atoms with van der Waals surface area (Å²) in [5.74, 6) is -0.797. The van der Waals surface area contributed by atoms with Crippen molar-refractivity contribution in [2.75, 3.05) is 5.73 Å². The summed E-state index contributed by atoms with van der Waals surface area (Å²) in [5, 5.41) is 0. The third-order valence-electron chi connectivity index (χ3n) is 4.07. The minimum Gasteiger partial charge on any atom is -0.368 e. The van der Waals surface area contributed by atoms with Gasteiger partial charge in [0.25, 0.3) is 0 Å². The zero-order valence-electron chi connectivity index (χ0n) is 11.6. The van der Waals surface area contributed by atoms with Crippen molar-refractivity contribution in [2.45, 2.75) is 38.0 Å². The lowest BCUT2D eigenvalue weighted by atomic mass is 9.83. The SMILES string of the molecule is Nc1ncc(C2CCCCC2)c(-c2ccc(F)cc2F)n1. The molecule has 5 heteroatoms. The molecule has 21 heavy (non-hydrogen) atoms. The largest absolute Gasteiger partial charge is 0.368 e. The van der Waals surface area contributed by atoms with Crippen LogP contribution in [0.3, 0.4) is 0 Å². The molecule has 3 nitrogen and oxygen atoms in total. The molecular formula is C16H17F2N3. The van der Waals surface area contributed by atoms with Gasteiger partial charge in [0.15, 0.2) is 0 Å². The average molecular weight is 289 g/mol. The molecule has 0 bridgehead atoms. The van der Waals surface area contributed by atoms with Gasteiger partial charge < -0.3 is 5.73 Å². The molecule has 1 aliphatic rings. The molecule has 1 heterocycles. The van der Waals surface area contributed by atoms with Crippen LogP contribution >= 0.6 is 0 Å². The second-order valence-corrected chi connectivity index (χ2v) is 5.49. The fourth-order valence-corrected chi connectivity index (χ4v) is 3.01. The van der Waals surface area contributed by atoms with E-state index in [1.807, 2.05) is 0 Å². The lowest BCUT2D eigenvalue weighted by molar-refractivity contribution is 0.442. The molecule has 1 aliphatic carbocycles. The first kappa shape index (κ1) is 13.9. The molecule has 2 aromatic rings. The van der Waals surface area contributed by atoms with Crippen molar-refractivity contribution >= 4 is 5.95 Å². The van der Waals surface area contributed by atoms with Gasteiger partial charge in [-0.25, -0.2) is 18.7 Å². The van der Waals surface area contributed by atoms with Gasteiger partial charge in [-0.1, -0.05) is 19.3 Å². The minimum absolute atomic E-state index is 0.105. The van der Waals surface area contributed by atoms with E-state index in [1.54, 1.807) is 6.20 Å². The molecule has 1 saturated carbocycles. The number of halogens is 2. The van der Waals surface area contributed by atoms with E-state index in [9.17, 15) is 8.78 Å². The van der Waals surface area contributed by atoms with Gasteiger partial charge in [-0.2, -0.15) is 0 Å². The molecule has 0 saturated heterocycles. The lowest BCUT2D eigenvalue weighted by Crippen LogP contribution is -2.09. The van der Waals surface area contributed by atoms with Crippen molar-refractivity contribution in [3.8, 4) is 11.3 Å². The Morgan fingerprint density at radius 1 is 1.10 bits per heavy atom. The zero-order valence-corrected chi connectivity index (χ0v) is 11.6. The molecule has 0 atom stereocenters. The van der Waals surface area contributed by atoms with Crippen LogP contribution < -0.4 is 5.73 Å². The number of nitrogens with zero attached hydrogens (tertiary/aromatic N) is 2. The lowest BCUT2D eigenvalue weighted by Gasteiger charge is -2.23. The molecule has 2 N–H and O–H groups in total. The van der Waals surface area contributed by atoms with Gasteiger partial charge in [-0.05, 0) is 30.9 Å². The zero-order chi connectivity index (χ0) is 14.8. The molecule has 0 amide bonds. The Hall–Kier alpha value is -2.04. The first-order valence-electron chi connectivity index (χ1n) is 7.23. The number of anilines is 1. The van der Waals surface area contributed by atoms with Crippen molar-refractivity contribution in [3.63, 3.8) is 0 Å². The van der Waals surface area contributed by atoms with Gasteiger partial charge in [0, 0.05) is 23.4 Å². The molecule has 0 unspecified atom stereocenters. The van der Waals surface area contributed by atoms with Crippen LogP contribution in [0.4, 0.5) is 14.7 Å². The maximum absolute atomic E-state index is 14.1. The summed E-state index contributed by atoms with van der Waals surface area (Å²) in [6, 6.07) is 3.53. The third kappa shape index (κ3) is 2.86. The normalized spacial score (nSPS) is 16.1. The van der Waals surface area contributed by atoms with E-state index in [0.29, 0.717) is 11.6 Å². The van der Waals surface area contributed by atoms with E-state index >= 15 is 0 Å². The van der Waals surface area contributed by atoms with Crippen LogP contribution in [-0.4, -0.2) is 9.97 Å². The number of benzene rings is 1. The van der Waals surface area contributed by atoms with Crippen LogP contribution in [0.1, 0.15) is 43.6 Å². The molecule has 1 fully saturated rings. The van der Waals surface area contributed by atoms with E-state index in [4.69, 9.17) is 5.73 Å². The van der Waals surface area contributed by atoms with Gasteiger partial charge >= 0.3 is 0 Å². The maximum Gasteiger partial charge on any atom is 0.220 e. The van der Waals surface area contributed by atoms with Crippen LogP contribution in [0.5, 0.6) is 0 Å². The monoisotopic (exact) mass is 289 g/mol. The van der Waals surface area contributed by atoms with Gasteiger partial charge in [-0.15, -0.1) is 0 Å². The third-order valence-corrected chi connectivity index (χ3v) is 4.07. The Bertz CT molecular complexity index is 652. The van der Waals surface area contributed by atoms with Crippen LogP contribution in [0, 0.1) is 11.6 Å². The summed E-state index contributed by atoms with van der Waals surface area (Å²) in [6.45, 7) is 0. The molecular weight excluding hydrogens is 272 g/mol. The fraction of sp³-hybridized carbons (Fsp3) is 0.375. The highest BCUT2D eigenvalue weighted by Crippen LogP contribution is 2.37. The average Bonchev–Trinajstić information content (AvgIpc) is 2.48. The first-order valence-corrected chi connectivity index (χ1v) is 7.23. The molecule has 1 aromatic heterocycles. The number of aromatic nitrogens is 2. The van der Waals surface area contributed by atoms with Crippen molar-refractivity contribution in [1.82, 2.24) is 9.97 Å². The van der Waals surface area contributed by atoms with E-state index in [-0.39, 0.29) is 11.5 Å². The highest BCUT2D eigenvalue weighted by molar-refractivity contribution is 5.65. The highest BCUT2D eigenvalue weighted by Gasteiger charge is 2.22. The second-order valence-electron chi connectivity index (χ2n) is 5.49. The summed E-state index contributed by atoms with van der Waals surface area (Å²) < 4.78 is 27.2. The van der Waals surface area contributed by atoms with Crippen LogP contribution in [-0.2, 0) is 0 Å². The molecule has 0 aliphatic heterocycles. The van der Waals surface area contributed by atoms with Crippen molar-refractivity contribution in [2.24, 2.45) is 0 Å².